The first-order valence-electron chi connectivity index (χ1n) is 8.50. The van der Waals surface area contributed by atoms with Gasteiger partial charge in [0, 0.05) is 17.3 Å². The number of pyridine rings is 2. The number of aromatic amines is 1. The highest BCUT2D eigenvalue weighted by Gasteiger charge is 2.25. The molecular formula is C19H18FN5O2. The summed E-state index contributed by atoms with van der Waals surface area (Å²) in [5, 5.41) is 8.29. The van der Waals surface area contributed by atoms with Gasteiger partial charge in [-0.1, -0.05) is 6.07 Å². The standard InChI is InChI=1S/C19H18FN5O2/c1-8-17-14(18-12(24-8)3-2-6-27-18)13(16(23)19(26)25-17)9-4-5-11(20)15(22)10(9)7-21/h4-5,7,21H,2-3,6,22-23H2,1H3,(H,25,26). The van der Waals surface area contributed by atoms with Gasteiger partial charge < -0.3 is 26.6 Å². The van der Waals surface area contributed by atoms with Crippen molar-refractivity contribution in [2.24, 2.45) is 0 Å². The lowest BCUT2D eigenvalue weighted by molar-refractivity contribution is 0.288. The Balaban J connectivity index is 2.24. The largest absolute Gasteiger partial charge is 0.491 e. The minimum absolute atomic E-state index is 0.0430. The number of aromatic nitrogens is 2. The van der Waals surface area contributed by atoms with Crippen molar-refractivity contribution in [3.63, 3.8) is 0 Å². The maximum absolute atomic E-state index is 13.9. The second-order valence-corrected chi connectivity index (χ2v) is 6.48. The summed E-state index contributed by atoms with van der Waals surface area (Å²) in [5.41, 5.74) is 14.1. The number of H-pyrrole nitrogens is 1. The summed E-state index contributed by atoms with van der Waals surface area (Å²) in [6.07, 6.45) is 2.55. The van der Waals surface area contributed by atoms with Gasteiger partial charge >= 0.3 is 0 Å². The van der Waals surface area contributed by atoms with E-state index in [1.165, 1.54) is 12.1 Å². The van der Waals surface area contributed by atoms with Gasteiger partial charge in [0.1, 0.15) is 11.5 Å². The zero-order chi connectivity index (χ0) is 19.3. The molecule has 0 unspecified atom stereocenters. The van der Waals surface area contributed by atoms with E-state index in [1.54, 1.807) is 6.92 Å². The third kappa shape index (κ3) is 2.44. The molecule has 0 aliphatic carbocycles. The van der Waals surface area contributed by atoms with E-state index in [4.69, 9.17) is 21.6 Å². The number of halogens is 1. The Bertz CT molecular complexity index is 1170. The number of benzene rings is 1. The highest BCUT2D eigenvalue weighted by atomic mass is 19.1. The lowest BCUT2D eigenvalue weighted by Gasteiger charge is -2.22. The molecule has 1 aliphatic heterocycles. The summed E-state index contributed by atoms with van der Waals surface area (Å²) < 4.78 is 19.8. The minimum Gasteiger partial charge on any atom is -0.491 e. The van der Waals surface area contributed by atoms with Crippen LogP contribution >= 0.6 is 0 Å². The number of rotatable bonds is 2. The summed E-state index contributed by atoms with van der Waals surface area (Å²) in [7, 11) is 0. The van der Waals surface area contributed by atoms with E-state index in [1.807, 2.05) is 0 Å². The number of fused-ring (bicyclic) bond motifs is 3. The Morgan fingerprint density at radius 1 is 1.33 bits per heavy atom. The van der Waals surface area contributed by atoms with Gasteiger partial charge in [-0.3, -0.25) is 9.78 Å². The molecule has 2 aromatic heterocycles. The lowest BCUT2D eigenvalue weighted by Crippen LogP contribution is -2.18. The van der Waals surface area contributed by atoms with Gasteiger partial charge in [-0.2, -0.15) is 0 Å². The molecule has 3 heterocycles. The SMILES string of the molecule is Cc1nc2c(c3c(-c4ccc(F)c(N)c4C=N)c(N)c(=O)[nH]c13)OCCC2. The highest BCUT2D eigenvalue weighted by Crippen LogP contribution is 2.42. The maximum atomic E-state index is 13.9. The molecule has 27 heavy (non-hydrogen) atoms. The maximum Gasteiger partial charge on any atom is 0.272 e. The summed E-state index contributed by atoms with van der Waals surface area (Å²) in [6, 6.07) is 2.67. The van der Waals surface area contributed by atoms with Crippen LogP contribution in [0, 0.1) is 18.2 Å². The summed E-state index contributed by atoms with van der Waals surface area (Å²) in [4.78, 5) is 19.8. The quantitative estimate of drug-likeness (QED) is 0.408. The van der Waals surface area contributed by atoms with Crippen molar-refractivity contribution < 1.29 is 9.13 Å². The molecule has 8 heteroatoms. The third-order valence-corrected chi connectivity index (χ3v) is 4.86. The van der Waals surface area contributed by atoms with Gasteiger partial charge in [-0.05, 0) is 31.4 Å². The van der Waals surface area contributed by atoms with E-state index in [9.17, 15) is 9.18 Å². The van der Waals surface area contributed by atoms with Crippen LogP contribution < -0.4 is 21.8 Å². The number of nitrogens with one attached hydrogen (secondary N) is 2. The topological polar surface area (TPSA) is 131 Å². The molecule has 0 atom stereocenters. The first-order chi connectivity index (χ1) is 12.9. The third-order valence-electron chi connectivity index (χ3n) is 4.86. The Morgan fingerprint density at radius 2 is 2.11 bits per heavy atom. The van der Waals surface area contributed by atoms with Crippen LogP contribution in [-0.2, 0) is 6.42 Å². The Kier molecular flexibility index (Phi) is 3.83. The molecule has 0 spiro atoms. The molecule has 0 saturated heterocycles. The van der Waals surface area contributed by atoms with Crippen molar-refractivity contribution in [2.75, 3.05) is 18.1 Å². The van der Waals surface area contributed by atoms with Gasteiger partial charge in [0.2, 0.25) is 0 Å². The number of aryl methyl sites for hydroxylation is 2. The van der Waals surface area contributed by atoms with Crippen LogP contribution in [0.15, 0.2) is 16.9 Å². The fourth-order valence-electron chi connectivity index (χ4n) is 3.57. The number of ether oxygens (including phenoxy) is 1. The summed E-state index contributed by atoms with van der Waals surface area (Å²) in [6.45, 7) is 2.32. The van der Waals surface area contributed by atoms with Gasteiger partial charge in [-0.25, -0.2) is 4.39 Å². The van der Waals surface area contributed by atoms with E-state index in [2.05, 4.69) is 9.97 Å². The molecule has 4 rings (SSSR count). The number of nitrogen functional groups attached to an aromatic ring is 2. The molecule has 0 saturated carbocycles. The predicted molar refractivity (Wildman–Crippen MR) is 103 cm³/mol. The molecule has 1 aromatic carbocycles. The molecule has 0 fully saturated rings. The van der Waals surface area contributed by atoms with Crippen LogP contribution in [0.2, 0.25) is 0 Å². The minimum atomic E-state index is -0.638. The number of nitrogens with two attached hydrogens (primary N) is 2. The number of nitrogens with zero attached hydrogens (tertiary/aromatic N) is 1. The van der Waals surface area contributed by atoms with E-state index in [0.29, 0.717) is 40.1 Å². The van der Waals surface area contributed by atoms with Gasteiger partial charge in [-0.15, -0.1) is 0 Å². The summed E-state index contributed by atoms with van der Waals surface area (Å²) >= 11 is 0. The molecule has 1 aliphatic rings. The van der Waals surface area contributed by atoms with Crippen molar-refractivity contribution in [3.05, 3.63) is 45.3 Å². The van der Waals surface area contributed by atoms with E-state index in [-0.39, 0.29) is 16.9 Å². The normalized spacial score (nSPS) is 13.3. The molecule has 0 amide bonds. The lowest BCUT2D eigenvalue weighted by atomic mass is 9.92. The van der Waals surface area contributed by atoms with Gasteiger partial charge in [0.05, 0.1) is 34.6 Å². The van der Waals surface area contributed by atoms with Gasteiger partial charge in [0.15, 0.2) is 5.75 Å². The smallest absolute Gasteiger partial charge is 0.272 e. The highest BCUT2D eigenvalue weighted by molar-refractivity contribution is 6.09. The average Bonchev–Trinajstić information content (AvgIpc) is 2.66. The molecule has 0 bridgehead atoms. The van der Waals surface area contributed by atoms with Crippen LogP contribution in [0.5, 0.6) is 5.75 Å². The monoisotopic (exact) mass is 367 g/mol. The van der Waals surface area contributed by atoms with Crippen molar-refractivity contribution in [3.8, 4) is 16.9 Å². The van der Waals surface area contributed by atoms with Crippen LogP contribution in [0.1, 0.15) is 23.4 Å². The van der Waals surface area contributed by atoms with Crippen LogP contribution in [0.25, 0.3) is 22.0 Å². The fourth-order valence-corrected chi connectivity index (χ4v) is 3.57. The van der Waals surface area contributed by atoms with Crippen molar-refractivity contribution >= 4 is 28.5 Å². The second kappa shape index (κ2) is 6.08. The van der Waals surface area contributed by atoms with Crippen molar-refractivity contribution in [1.82, 2.24) is 9.97 Å². The first kappa shape index (κ1) is 17.0. The van der Waals surface area contributed by atoms with E-state index >= 15 is 0 Å². The van der Waals surface area contributed by atoms with Crippen molar-refractivity contribution in [1.29, 1.82) is 5.41 Å². The van der Waals surface area contributed by atoms with Crippen LogP contribution in [-0.4, -0.2) is 22.8 Å². The molecule has 6 N–H and O–H groups in total. The van der Waals surface area contributed by atoms with Crippen LogP contribution in [0.4, 0.5) is 15.8 Å². The van der Waals surface area contributed by atoms with Crippen molar-refractivity contribution in [2.45, 2.75) is 19.8 Å². The molecule has 3 aromatic rings. The zero-order valence-corrected chi connectivity index (χ0v) is 14.6. The Labute approximate surface area is 153 Å². The molecule has 7 nitrogen and oxygen atoms in total. The van der Waals surface area contributed by atoms with Crippen LogP contribution in [0.3, 0.4) is 0 Å². The Morgan fingerprint density at radius 3 is 2.85 bits per heavy atom. The molecule has 0 radical (unpaired) electrons. The zero-order valence-electron chi connectivity index (χ0n) is 14.6. The van der Waals surface area contributed by atoms with E-state index in [0.717, 1.165) is 24.8 Å². The summed E-state index contributed by atoms with van der Waals surface area (Å²) in [5.74, 6) is -0.0836. The fraction of sp³-hybridized carbons (Fsp3) is 0.211. The van der Waals surface area contributed by atoms with E-state index < -0.39 is 11.4 Å². The average molecular weight is 367 g/mol. The number of hydrogen-bond donors (Lipinski definition) is 4. The van der Waals surface area contributed by atoms with Gasteiger partial charge in [0.25, 0.3) is 5.56 Å². The number of hydrogen-bond acceptors (Lipinski definition) is 6. The predicted octanol–water partition coefficient (Wildman–Crippen LogP) is 2.52. The molecular weight excluding hydrogens is 349 g/mol. The molecule has 138 valence electrons. The Hall–Kier alpha value is -3.42. The number of anilines is 2. The second-order valence-electron chi connectivity index (χ2n) is 6.48. The first-order valence-corrected chi connectivity index (χ1v) is 8.50.